The number of hydrogen-bond acceptors (Lipinski definition) is 3. The Labute approximate surface area is 108 Å². The second kappa shape index (κ2) is 4.85. The van der Waals surface area contributed by atoms with Gasteiger partial charge in [0, 0.05) is 12.0 Å². The molecule has 1 amide bonds. The standard InChI is InChI=1S/C14H20N2O2/c1-10-6-7-11(18-10)14(4,5)9-16-12(17)13(2,3)8-15/h6-7H,9H2,1-5H3,(H,16,17). The summed E-state index contributed by atoms with van der Waals surface area (Å²) < 4.78 is 5.58. The molecular formula is C14H20N2O2. The lowest BCUT2D eigenvalue weighted by Gasteiger charge is -2.24. The quantitative estimate of drug-likeness (QED) is 0.890. The zero-order valence-electron chi connectivity index (χ0n) is 11.6. The van der Waals surface area contributed by atoms with Gasteiger partial charge in [-0.25, -0.2) is 0 Å². The molecule has 1 aromatic rings. The molecule has 0 aliphatic heterocycles. The van der Waals surface area contributed by atoms with E-state index in [2.05, 4.69) is 5.32 Å². The molecule has 1 heterocycles. The first-order valence-electron chi connectivity index (χ1n) is 5.95. The zero-order chi connectivity index (χ0) is 14.0. The maximum Gasteiger partial charge on any atom is 0.239 e. The molecule has 4 nitrogen and oxygen atoms in total. The van der Waals surface area contributed by atoms with Gasteiger partial charge in [0.05, 0.1) is 6.07 Å². The fraction of sp³-hybridized carbons (Fsp3) is 0.571. The maximum atomic E-state index is 11.8. The van der Waals surface area contributed by atoms with E-state index in [0.29, 0.717) is 6.54 Å². The topological polar surface area (TPSA) is 66.0 Å². The SMILES string of the molecule is Cc1ccc(C(C)(C)CNC(=O)C(C)(C)C#N)o1. The van der Waals surface area contributed by atoms with Gasteiger partial charge in [0.25, 0.3) is 0 Å². The molecule has 0 saturated heterocycles. The predicted octanol–water partition coefficient (Wildman–Crippen LogP) is 2.53. The highest BCUT2D eigenvalue weighted by Crippen LogP contribution is 2.24. The molecular weight excluding hydrogens is 228 g/mol. The lowest BCUT2D eigenvalue weighted by molar-refractivity contribution is -0.127. The summed E-state index contributed by atoms with van der Waals surface area (Å²) in [6.07, 6.45) is 0. The van der Waals surface area contributed by atoms with Crippen molar-refractivity contribution in [1.29, 1.82) is 5.26 Å². The third kappa shape index (κ3) is 3.13. The molecule has 0 atom stereocenters. The summed E-state index contributed by atoms with van der Waals surface area (Å²) in [7, 11) is 0. The van der Waals surface area contributed by atoms with Crippen LogP contribution >= 0.6 is 0 Å². The van der Waals surface area contributed by atoms with E-state index in [9.17, 15) is 4.79 Å². The van der Waals surface area contributed by atoms with Crippen molar-refractivity contribution < 1.29 is 9.21 Å². The fourth-order valence-electron chi connectivity index (χ4n) is 1.46. The van der Waals surface area contributed by atoms with E-state index >= 15 is 0 Å². The van der Waals surface area contributed by atoms with Gasteiger partial charge in [0.2, 0.25) is 5.91 Å². The summed E-state index contributed by atoms with van der Waals surface area (Å²) in [5, 5.41) is 11.7. The molecule has 0 fully saturated rings. The van der Waals surface area contributed by atoms with E-state index in [1.54, 1.807) is 13.8 Å². The molecule has 1 rings (SSSR count). The van der Waals surface area contributed by atoms with Crippen molar-refractivity contribution in [3.8, 4) is 6.07 Å². The van der Waals surface area contributed by atoms with Crippen LogP contribution in [0.15, 0.2) is 16.5 Å². The molecule has 18 heavy (non-hydrogen) atoms. The van der Waals surface area contributed by atoms with Crippen molar-refractivity contribution in [3.05, 3.63) is 23.7 Å². The molecule has 0 saturated carbocycles. The Balaban J connectivity index is 2.69. The summed E-state index contributed by atoms with van der Waals surface area (Å²) in [6.45, 7) is 9.51. The number of carbonyl (C=O) groups is 1. The normalized spacial score (nSPS) is 12.0. The predicted molar refractivity (Wildman–Crippen MR) is 68.9 cm³/mol. The monoisotopic (exact) mass is 248 g/mol. The van der Waals surface area contributed by atoms with Crippen LogP contribution in [0, 0.1) is 23.7 Å². The molecule has 1 aromatic heterocycles. The van der Waals surface area contributed by atoms with Crippen LogP contribution in [-0.4, -0.2) is 12.5 Å². The molecule has 0 radical (unpaired) electrons. The van der Waals surface area contributed by atoms with Crippen LogP contribution in [0.4, 0.5) is 0 Å². The number of carbonyl (C=O) groups excluding carboxylic acids is 1. The third-order valence-corrected chi connectivity index (χ3v) is 2.95. The lowest BCUT2D eigenvalue weighted by atomic mass is 9.89. The molecule has 1 N–H and O–H groups in total. The summed E-state index contributed by atoms with van der Waals surface area (Å²) in [4.78, 5) is 11.8. The van der Waals surface area contributed by atoms with Gasteiger partial charge in [-0.2, -0.15) is 5.26 Å². The van der Waals surface area contributed by atoms with E-state index < -0.39 is 5.41 Å². The molecule has 98 valence electrons. The number of hydrogen-bond donors (Lipinski definition) is 1. The van der Waals surface area contributed by atoms with Crippen molar-refractivity contribution >= 4 is 5.91 Å². The van der Waals surface area contributed by atoms with Crippen molar-refractivity contribution in [3.63, 3.8) is 0 Å². The minimum absolute atomic E-state index is 0.263. The first-order valence-corrected chi connectivity index (χ1v) is 5.95. The Kier molecular flexibility index (Phi) is 3.85. The van der Waals surface area contributed by atoms with Crippen LogP contribution in [0.1, 0.15) is 39.2 Å². The lowest BCUT2D eigenvalue weighted by Crippen LogP contribution is -2.42. The third-order valence-electron chi connectivity index (χ3n) is 2.95. The van der Waals surface area contributed by atoms with Gasteiger partial charge in [-0.3, -0.25) is 4.79 Å². The van der Waals surface area contributed by atoms with Crippen LogP contribution in [0.5, 0.6) is 0 Å². The average molecular weight is 248 g/mol. The highest BCUT2D eigenvalue weighted by atomic mass is 16.3. The van der Waals surface area contributed by atoms with Crippen molar-refractivity contribution in [2.45, 2.75) is 40.0 Å². The number of aryl methyl sites for hydroxylation is 1. The number of nitrogens with one attached hydrogen (secondary N) is 1. The Morgan fingerprint density at radius 1 is 1.39 bits per heavy atom. The van der Waals surface area contributed by atoms with Gasteiger partial charge < -0.3 is 9.73 Å². The van der Waals surface area contributed by atoms with E-state index in [4.69, 9.17) is 9.68 Å². The summed E-state index contributed by atoms with van der Waals surface area (Å²) in [6, 6.07) is 5.80. The minimum Gasteiger partial charge on any atom is -0.466 e. The molecule has 0 aliphatic rings. The fourth-order valence-corrected chi connectivity index (χ4v) is 1.46. The largest absolute Gasteiger partial charge is 0.466 e. The van der Waals surface area contributed by atoms with Crippen molar-refractivity contribution in [2.75, 3.05) is 6.54 Å². The molecule has 0 aliphatic carbocycles. The highest BCUT2D eigenvalue weighted by Gasteiger charge is 2.30. The van der Waals surface area contributed by atoms with Gasteiger partial charge in [-0.05, 0) is 32.9 Å². The summed E-state index contributed by atoms with van der Waals surface area (Å²) in [5.41, 5.74) is -1.30. The van der Waals surface area contributed by atoms with Gasteiger partial charge in [-0.15, -0.1) is 0 Å². The van der Waals surface area contributed by atoms with Crippen molar-refractivity contribution in [1.82, 2.24) is 5.32 Å². The molecule has 0 unspecified atom stereocenters. The molecule has 0 bridgehead atoms. The van der Waals surface area contributed by atoms with E-state index in [-0.39, 0.29) is 11.3 Å². The van der Waals surface area contributed by atoms with Crippen LogP contribution in [0.3, 0.4) is 0 Å². The molecule has 0 aromatic carbocycles. The minimum atomic E-state index is -1.00. The second-order valence-corrected chi connectivity index (χ2v) is 5.71. The maximum absolute atomic E-state index is 11.8. The number of nitriles is 1. The Morgan fingerprint density at radius 2 is 2.00 bits per heavy atom. The van der Waals surface area contributed by atoms with Crippen LogP contribution in [0.2, 0.25) is 0 Å². The highest BCUT2D eigenvalue weighted by molar-refractivity contribution is 5.84. The Hall–Kier alpha value is -1.76. The Bertz CT molecular complexity index is 478. The summed E-state index contributed by atoms with van der Waals surface area (Å²) >= 11 is 0. The average Bonchev–Trinajstić information content (AvgIpc) is 2.73. The summed E-state index contributed by atoms with van der Waals surface area (Å²) in [5.74, 6) is 1.41. The van der Waals surface area contributed by atoms with Gasteiger partial charge >= 0.3 is 0 Å². The number of furan rings is 1. The van der Waals surface area contributed by atoms with Crippen LogP contribution < -0.4 is 5.32 Å². The first kappa shape index (κ1) is 14.3. The zero-order valence-corrected chi connectivity index (χ0v) is 11.6. The van der Waals surface area contributed by atoms with E-state index in [1.165, 1.54) is 0 Å². The Morgan fingerprint density at radius 3 is 2.44 bits per heavy atom. The smallest absolute Gasteiger partial charge is 0.239 e. The van der Waals surface area contributed by atoms with Crippen molar-refractivity contribution in [2.24, 2.45) is 5.41 Å². The first-order chi connectivity index (χ1) is 8.19. The van der Waals surface area contributed by atoms with Gasteiger partial charge in [0.1, 0.15) is 16.9 Å². The second-order valence-electron chi connectivity index (χ2n) is 5.71. The van der Waals surface area contributed by atoms with Gasteiger partial charge in [-0.1, -0.05) is 13.8 Å². The number of nitrogens with zero attached hydrogens (tertiary/aromatic N) is 1. The van der Waals surface area contributed by atoms with Crippen LogP contribution in [-0.2, 0) is 10.2 Å². The van der Waals surface area contributed by atoms with E-state index in [0.717, 1.165) is 11.5 Å². The number of amides is 1. The number of rotatable bonds is 4. The molecule has 4 heteroatoms. The van der Waals surface area contributed by atoms with Gasteiger partial charge in [0.15, 0.2) is 0 Å². The van der Waals surface area contributed by atoms with Crippen LogP contribution in [0.25, 0.3) is 0 Å². The van der Waals surface area contributed by atoms with E-state index in [1.807, 2.05) is 39.0 Å². The molecule has 0 spiro atoms.